The van der Waals surface area contributed by atoms with Crippen LogP contribution in [0.2, 0.25) is 0 Å². The molecule has 1 amide bonds. The molecule has 1 heterocycles. The van der Waals surface area contributed by atoms with E-state index in [0.29, 0.717) is 17.8 Å². The van der Waals surface area contributed by atoms with Gasteiger partial charge in [-0.1, -0.05) is 0 Å². The zero-order valence-electron chi connectivity index (χ0n) is 13.9. The molecule has 1 aromatic rings. The van der Waals surface area contributed by atoms with Crippen molar-refractivity contribution in [1.29, 1.82) is 0 Å². The molecule has 4 aliphatic carbocycles. The van der Waals surface area contributed by atoms with Crippen molar-refractivity contribution in [3.05, 3.63) is 18.2 Å². The molecule has 1 aliphatic heterocycles. The van der Waals surface area contributed by atoms with Crippen LogP contribution >= 0.6 is 0 Å². The number of carbonyl (C=O) groups is 1. The Bertz CT molecular complexity index is 637. The Balaban J connectivity index is 1.20. The number of hydrogen-bond acceptors (Lipinski definition) is 3. The quantitative estimate of drug-likeness (QED) is 0.886. The van der Waals surface area contributed by atoms with Crippen LogP contribution in [0, 0.1) is 17.8 Å². The summed E-state index contributed by atoms with van der Waals surface area (Å²) in [5, 5.41) is 5.35. The molecular formula is C19H25N2O3+. The van der Waals surface area contributed by atoms with E-state index in [1.807, 2.05) is 18.2 Å². The van der Waals surface area contributed by atoms with Gasteiger partial charge in [-0.05, 0) is 49.1 Å². The molecule has 1 aromatic carbocycles. The second-order valence-corrected chi connectivity index (χ2v) is 8.30. The lowest BCUT2D eigenvalue weighted by Gasteiger charge is -2.54. The highest BCUT2D eigenvalue weighted by Crippen LogP contribution is 2.54. The van der Waals surface area contributed by atoms with Crippen LogP contribution in [0.25, 0.3) is 0 Å². The zero-order chi connectivity index (χ0) is 16.1. The van der Waals surface area contributed by atoms with Crippen LogP contribution in [-0.2, 0) is 4.79 Å². The van der Waals surface area contributed by atoms with Gasteiger partial charge in [-0.3, -0.25) is 4.79 Å². The average molecular weight is 329 g/mol. The molecule has 0 unspecified atom stereocenters. The molecule has 24 heavy (non-hydrogen) atoms. The van der Waals surface area contributed by atoms with Gasteiger partial charge in [0.25, 0.3) is 5.91 Å². The predicted molar refractivity (Wildman–Crippen MR) is 88.9 cm³/mol. The largest absolute Gasteiger partial charge is 0.454 e. The Labute approximate surface area is 142 Å². The molecule has 5 nitrogen and oxygen atoms in total. The summed E-state index contributed by atoms with van der Waals surface area (Å²) < 4.78 is 10.7. The van der Waals surface area contributed by atoms with Crippen LogP contribution in [0.15, 0.2) is 18.2 Å². The number of hydrogen-bond donors (Lipinski definition) is 2. The first kappa shape index (κ1) is 14.6. The second kappa shape index (κ2) is 5.38. The minimum Gasteiger partial charge on any atom is -0.454 e. The molecular weight excluding hydrogens is 304 g/mol. The molecule has 6 rings (SSSR count). The average Bonchev–Trinajstić information content (AvgIpc) is 2.99. The molecule has 3 N–H and O–H groups in total. The van der Waals surface area contributed by atoms with E-state index >= 15 is 0 Å². The van der Waals surface area contributed by atoms with Crippen LogP contribution in [0.1, 0.15) is 38.5 Å². The minimum absolute atomic E-state index is 0.0737. The fourth-order valence-corrected chi connectivity index (χ4v) is 5.92. The molecule has 0 aromatic heterocycles. The zero-order valence-corrected chi connectivity index (χ0v) is 13.9. The molecule has 5 heteroatoms. The molecule has 5 aliphatic rings. The van der Waals surface area contributed by atoms with Gasteiger partial charge < -0.3 is 20.1 Å². The van der Waals surface area contributed by atoms with Gasteiger partial charge >= 0.3 is 0 Å². The number of amides is 1. The van der Waals surface area contributed by atoms with Crippen molar-refractivity contribution in [3.63, 3.8) is 0 Å². The third-order valence-electron chi connectivity index (χ3n) is 6.46. The van der Waals surface area contributed by atoms with E-state index in [1.54, 1.807) is 0 Å². The summed E-state index contributed by atoms with van der Waals surface area (Å²) in [6, 6.07) is 5.56. The van der Waals surface area contributed by atoms with E-state index in [9.17, 15) is 4.79 Å². The van der Waals surface area contributed by atoms with Crippen molar-refractivity contribution in [2.45, 2.75) is 44.1 Å². The summed E-state index contributed by atoms with van der Waals surface area (Å²) in [4.78, 5) is 12.4. The number of rotatable bonds is 4. The van der Waals surface area contributed by atoms with Gasteiger partial charge in [0, 0.05) is 31.0 Å². The van der Waals surface area contributed by atoms with Gasteiger partial charge in [-0.15, -0.1) is 0 Å². The van der Waals surface area contributed by atoms with Gasteiger partial charge in [-0.25, -0.2) is 0 Å². The third kappa shape index (κ3) is 2.55. The molecule has 0 atom stereocenters. The first-order chi connectivity index (χ1) is 11.7. The summed E-state index contributed by atoms with van der Waals surface area (Å²) >= 11 is 0. The summed E-state index contributed by atoms with van der Waals surface area (Å²) in [6.45, 7) is 0.771. The van der Waals surface area contributed by atoms with E-state index in [2.05, 4.69) is 10.6 Å². The number of nitrogens with two attached hydrogens (primary N) is 1. The van der Waals surface area contributed by atoms with Crippen LogP contribution < -0.4 is 20.1 Å². The van der Waals surface area contributed by atoms with Gasteiger partial charge in [-0.2, -0.15) is 0 Å². The van der Waals surface area contributed by atoms with Crippen molar-refractivity contribution >= 4 is 11.6 Å². The van der Waals surface area contributed by atoms with E-state index in [0.717, 1.165) is 29.2 Å². The molecule has 0 radical (unpaired) electrons. The van der Waals surface area contributed by atoms with Crippen LogP contribution in [0.4, 0.5) is 5.69 Å². The van der Waals surface area contributed by atoms with Crippen molar-refractivity contribution < 1.29 is 19.6 Å². The molecule has 0 spiro atoms. The molecule has 4 saturated carbocycles. The lowest BCUT2D eigenvalue weighted by atomic mass is 9.53. The van der Waals surface area contributed by atoms with Crippen molar-refractivity contribution in [2.75, 3.05) is 18.7 Å². The number of ether oxygens (including phenoxy) is 2. The fourth-order valence-electron chi connectivity index (χ4n) is 5.92. The highest BCUT2D eigenvalue weighted by molar-refractivity contribution is 5.91. The summed E-state index contributed by atoms with van der Waals surface area (Å²) in [6.07, 6.45) is 8.27. The SMILES string of the molecule is O=C(C[NH2+]C12CC3CC(CC(C3)C1)C2)Nc1ccc2c(c1)OCO2. The minimum atomic E-state index is 0.0737. The Morgan fingerprint density at radius 2 is 1.75 bits per heavy atom. The Morgan fingerprint density at radius 3 is 2.46 bits per heavy atom. The Morgan fingerprint density at radius 1 is 1.08 bits per heavy atom. The Kier molecular flexibility index (Phi) is 3.27. The maximum absolute atomic E-state index is 12.4. The van der Waals surface area contributed by atoms with Crippen LogP contribution in [0.3, 0.4) is 0 Å². The highest BCUT2D eigenvalue weighted by atomic mass is 16.7. The lowest BCUT2D eigenvalue weighted by molar-refractivity contribution is -0.729. The van der Waals surface area contributed by atoms with Crippen molar-refractivity contribution in [1.82, 2.24) is 0 Å². The van der Waals surface area contributed by atoms with Crippen LogP contribution in [-0.4, -0.2) is 24.8 Å². The van der Waals surface area contributed by atoms with Gasteiger partial charge in [0.1, 0.15) is 0 Å². The monoisotopic (exact) mass is 329 g/mol. The lowest BCUT2D eigenvalue weighted by Crippen LogP contribution is -3.00. The normalized spacial score (nSPS) is 35.2. The van der Waals surface area contributed by atoms with Gasteiger partial charge in [0.15, 0.2) is 18.0 Å². The topological polar surface area (TPSA) is 64.2 Å². The first-order valence-electron chi connectivity index (χ1n) is 9.21. The molecule has 4 bridgehead atoms. The highest BCUT2D eigenvalue weighted by Gasteiger charge is 2.53. The maximum atomic E-state index is 12.4. The Hall–Kier alpha value is -1.75. The number of benzene rings is 1. The summed E-state index contributed by atoms with van der Waals surface area (Å²) in [5.74, 6) is 4.29. The van der Waals surface area contributed by atoms with E-state index in [4.69, 9.17) is 9.47 Å². The smallest absolute Gasteiger partial charge is 0.279 e. The third-order valence-corrected chi connectivity index (χ3v) is 6.46. The number of quaternary nitrogens is 1. The standard InChI is InChI=1S/C19H24N2O3/c22-18(21-15-1-2-16-17(6-15)24-11-23-16)10-20-19-7-12-3-13(8-19)5-14(4-12)9-19/h1-2,6,12-14,20H,3-5,7-11H2,(H,21,22)/p+1. The van der Waals surface area contributed by atoms with Crippen molar-refractivity contribution in [2.24, 2.45) is 17.8 Å². The number of nitrogens with one attached hydrogen (secondary N) is 1. The van der Waals surface area contributed by atoms with E-state index in [1.165, 1.54) is 38.5 Å². The van der Waals surface area contributed by atoms with Gasteiger partial charge in [0.05, 0.1) is 5.54 Å². The van der Waals surface area contributed by atoms with E-state index in [-0.39, 0.29) is 12.7 Å². The molecule has 128 valence electrons. The molecule has 4 fully saturated rings. The van der Waals surface area contributed by atoms with Crippen molar-refractivity contribution in [3.8, 4) is 11.5 Å². The van der Waals surface area contributed by atoms with Gasteiger partial charge in [0.2, 0.25) is 6.79 Å². The fraction of sp³-hybridized carbons (Fsp3) is 0.632. The maximum Gasteiger partial charge on any atom is 0.279 e. The van der Waals surface area contributed by atoms with Crippen LogP contribution in [0.5, 0.6) is 11.5 Å². The summed E-state index contributed by atoms with van der Waals surface area (Å²) in [7, 11) is 0. The molecule has 0 saturated heterocycles. The number of anilines is 1. The number of carbonyl (C=O) groups excluding carboxylic acids is 1. The second-order valence-electron chi connectivity index (χ2n) is 8.30. The first-order valence-corrected chi connectivity index (χ1v) is 9.21. The van der Waals surface area contributed by atoms with E-state index < -0.39 is 0 Å². The predicted octanol–water partition coefficient (Wildman–Crippen LogP) is 1.89. The number of fused-ring (bicyclic) bond motifs is 1. The summed E-state index contributed by atoms with van der Waals surface area (Å²) in [5.41, 5.74) is 1.13.